The first-order valence-corrected chi connectivity index (χ1v) is 9.48. The van der Waals surface area contributed by atoms with Crippen LogP contribution in [0.1, 0.15) is 42.4 Å². The van der Waals surface area contributed by atoms with E-state index in [4.69, 9.17) is 4.74 Å². The first-order valence-electron chi connectivity index (χ1n) is 9.48. The average molecular weight is 390 g/mol. The number of ether oxygens (including phenoxy) is 1. The van der Waals surface area contributed by atoms with Crippen LogP contribution in [0, 0.1) is 0 Å². The summed E-state index contributed by atoms with van der Waals surface area (Å²) in [5.74, 6) is 1.10. The maximum Gasteiger partial charge on any atom is 0.276 e. The van der Waals surface area contributed by atoms with E-state index in [1.54, 1.807) is 19.2 Å². The van der Waals surface area contributed by atoms with Crippen LogP contribution in [0.2, 0.25) is 0 Å². The van der Waals surface area contributed by atoms with Crippen LogP contribution >= 0.6 is 0 Å². The fraction of sp³-hybridized carbons (Fsp3) is 0.261. The molecule has 6 heteroatoms. The molecule has 0 saturated carbocycles. The van der Waals surface area contributed by atoms with Gasteiger partial charge in [-0.1, -0.05) is 51.1 Å². The van der Waals surface area contributed by atoms with Gasteiger partial charge in [0.2, 0.25) is 0 Å². The van der Waals surface area contributed by atoms with Gasteiger partial charge in [0.1, 0.15) is 11.6 Å². The molecule has 0 spiro atoms. The molecule has 1 aromatic heterocycles. The number of carbonyl (C=O) groups excluding carboxylic acids is 1. The third-order valence-electron chi connectivity index (χ3n) is 4.56. The Bertz CT molecular complexity index is 961. The van der Waals surface area contributed by atoms with E-state index in [-0.39, 0.29) is 17.0 Å². The van der Waals surface area contributed by atoms with Gasteiger partial charge in [-0.2, -0.15) is 0 Å². The lowest BCUT2D eigenvalue weighted by molar-refractivity contribution is 0.102. The molecule has 0 unspecified atom stereocenters. The van der Waals surface area contributed by atoms with Crippen LogP contribution in [-0.4, -0.2) is 23.2 Å². The number of methoxy groups -OCH3 is 1. The van der Waals surface area contributed by atoms with Gasteiger partial charge in [-0.05, 0) is 41.3 Å². The minimum absolute atomic E-state index is 0.0701. The molecule has 0 saturated heterocycles. The lowest BCUT2D eigenvalue weighted by Gasteiger charge is -2.19. The van der Waals surface area contributed by atoms with E-state index in [1.807, 2.05) is 48.5 Å². The van der Waals surface area contributed by atoms with Crippen molar-refractivity contribution in [2.45, 2.75) is 32.7 Å². The van der Waals surface area contributed by atoms with Crippen LogP contribution in [0.15, 0.2) is 60.7 Å². The molecular formula is C23H26N4O2. The lowest BCUT2D eigenvalue weighted by atomic mass is 9.87. The number of benzene rings is 2. The highest BCUT2D eigenvalue weighted by molar-refractivity contribution is 6.02. The predicted octanol–water partition coefficient (Wildman–Crippen LogP) is 4.65. The third kappa shape index (κ3) is 5.31. The second kappa shape index (κ2) is 8.73. The smallest absolute Gasteiger partial charge is 0.276 e. The van der Waals surface area contributed by atoms with Crippen molar-refractivity contribution in [2.24, 2.45) is 0 Å². The first-order chi connectivity index (χ1) is 13.9. The first kappa shape index (κ1) is 20.3. The number of rotatable bonds is 6. The van der Waals surface area contributed by atoms with Gasteiger partial charge in [0, 0.05) is 17.8 Å². The Labute approximate surface area is 171 Å². The Balaban J connectivity index is 1.60. The molecule has 3 rings (SSSR count). The Kier molecular flexibility index (Phi) is 6.12. The van der Waals surface area contributed by atoms with Gasteiger partial charge in [-0.15, -0.1) is 10.2 Å². The van der Waals surface area contributed by atoms with Crippen molar-refractivity contribution >= 4 is 17.4 Å². The van der Waals surface area contributed by atoms with Crippen LogP contribution in [0.25, 0.3) is 0 Å². The Morgan fingerprint density at radius 2 is 1.69 bits per heavy atom. The quantitative estimate of drug-likeness (QED) is 0.641. The molecule has 150 valence electrons. The van der Waals surface area contributed by atoms with E-state index >= 15 is 0 Å². The van der Waals surface area contributed by atoms with Gasteiger partial charge in [0.25, 0.3) is 5.91 Å². The van der Waals surface area contributed by atoms with Crippen molar-refractivity contribution in [3.8, 4) is 5.75 Å². The maximum absolute atomic E-state index is 12.4. The van der Waals surface area contributed by atoms with Crippen LogP contribution in [0.3, 0.4) is 0 Å². The highest BCUT2D eigenvalue weighted by atomic mass is 16.5. The monoisotopic (exact) mass is 390 g/mol. The lowest BCUT2D eigenvalue weighted by Crippen LogP contribution is -2.15. The summed E-state index contributed by atoms with van der Waals surface area (Å²) in [4.78, 5) is 12.4. The van der Waals surface area contributed by atoms with Crippen molar-refractivity contribution in [3.05, 3.63) is 77.5 Å². The second-order valence-corrected chi connectivity index (χ2v) is 7.75. The number of hydrogen-bond donors (Lipinski definition) is 2. The molecule has 0 bridgehead atoms. The number of aromatic nitrogens is 2. The van der Waals surface area contributed by atoms with E-state index in [0.717, 1.165) is 17.0 Å². The summed E-state index contributed by atoms with van der Waals surface area (Å²) >= 11 is 0. The highest BCUT2D eigenvalue weighted by Crippen LogP contribution is 2.23. The zero-order chi connectivity index (χ0) is 20.9. The van der Waals surface area contributed by atoms with E-state index in [1.165, 1.54) is 5.56 Å². The summed E-state index contributed by atoms with van der Waals surface area (Å²) in [6.45, 7) is 7.00. The summed E-state index contributed by atoms with van der Waals surface area (Å²) < 4.78 is 5.34. The normalized spacial score (nSPS) is 11.0. The molecule has 0 aliphatic heterocycles. The standard InChI is InChI=1S/C23H26N4O2/c1-23(2,3)17-9-11-18(12-10-17)25-22(28)19-13-14-21(27-26-19)24-15-16-7-5-6-8-20(16)29-4/h5-14H,15H2,1-4H3,(H,24,27)(H,25,28). The maximum atomic E-state index is 12.4. The number of hydrogen-bond acceptors (Lipinski definition) is 5. The van der Waals surface area contributed by atoms with Crippen LogP contribution in [0.4, 0.5) is 11.5 Å². The molecule has 6 nitrogen and oxygen atoms in total. The molecule has 0 fully saturated rings. The molecule has 0 aliphatic carbocycles. The molecule has 0 atom stereocenters. The minimum Gasteiger partial charge on any atom is -0.496 e. The van der Waals surface area contributed by atoms with Crippen LogP contribution < -0.4 is 15.4 Å². The Hall–Kier alpha value is -3.41. The highest BCUT2D eigenvalue weighted by Gasteiger charge is 2.14. The Morgan fingerprint density at radius 1 is 0.966 bits per heavy atom. The summed E-state index contributed by atoms with van der Waals surface area (Å²) in [5.41, 5.74) is 3.27. The molecule has 0 aliphatic rings. The molecule has 2 aromatic carbocycles. The van der Waals surface area contributed by atoms with Crippen molar-refractivity contribution < 1.29 is 9.53 Å². The third-order valence-corrected chi connectivity index (χ3v) is 4.56. The number of para-hydroxylation sites is 1. The van der Waals surface area contributed by atoms with Crippen molar-refractivity contribution in [1.82, 2.24) is 10.2 Å². The predicted molar refractivity (Wildman–Crippen MR) is 115 cm³/mol. The SMILES string of the molecule is COc1ccccc1CNc1ccc(C(=O)Nc2ccc(C(C)(C)C)cc2)nn1. The Morgan fingerprint density at radius 3 is 2.31 bits per heavy atom. The molecule has 1 heterocycles. The van der Waals surface area contributed by atoms with Crippen LogP contribution in [-0.2, 0) is 12.0 Å². The molecule has 0 radical (unpaired) electrons. The van der Waals surface area contributed by atoms with E-state index < -0.39 is 0 Å². The van der Waals surface area contributed by atoms with Crippen molar-refractivity contribution in [2.75, 3.05) is 17.7 Å². The van der Waals surface area contributed by atoms with Crippen molar-refractivity contribution in [3.63, 3.8) is 0 Å². The number of nitrogens with one attached hydrogen (secondary N) is 2. The topological polar surface area (TPSA) is 76.1 Å². The minimum atomic E-state index is -0.294. The zero-order valence-electron chi connectivity index (χ0n) is 17.2. The second-order valence-electron chi connectivity index (χ2n) is 7.75. The zero-order valence-corrected chi connectivity index (χ0v) is 17.2. The fourth-order valence-electron chi connectivity index (χ4n) is 2.83. The van der Waals surface area contributed by atoms with E-state index in [9.17, 15) is 4.79 Å². The van der Waals surface area contributed by atoms with Gasteiger partial charge in [0.05, 0.1) is 7.11 Å². The molecular weight excluding hydrogens is 364 g/mol. The number of carbonyl (C=O) groups is 1. The van der Waals surface area contributed by atoms with Crippen molar-refractivity contribution in [1.29, 1.82) is 0 Å². The molecule has 3 aromatic rings. The largest absolute Gasteiger partial charge is 0.496 e. The van der Waals surface area contributed by atoms with Gasteiger partial charge in [-0.3, -0.25) is 4.79 Å². The average Bonchev–Trinajstić information content (AvgIpc) is 2.72. The van der Waals surface area contributed by atoms with E-state index in [0.29, 0.717) is 12.4 Å². The van der Waals surface area contributed by atoms with Gasteiger partial charge >= 0.3 is 0 Å². The summed E-state index contributed by atoms with van der Waals surface area (Å²) in [6, 6.07) is 19.0. The molecule has 29 heavy (non-hydrogen) atoms. The van der Waals surface area contributed by atoms with Gasteiger partial charge in [-0.25, -0.2) is 0 Å². The molecule has 2 N–H and O–H groups in total. The fourth-order valence-corrected chi connectivity index (χ4v) is 2.83. The summed E-state index contributed by atoms with van der Waals surface area (Å²) in [7, 11) is 1.64. The van der Waals surface area contributed by atoms with Crippen LogP contribution in [0.5, 0.6) is 5.75 Å². The summed E-state index contributed by atoms with van der Waals surface area (Å²) in [5, 5.41) is 14.2. The van der Waals surface area contributed by atoms with Gasteiger partial charge < -0.3 is 15.4 Å². The van der Waals surface area contributed by atoms with Gasteiger partial charge in [0.15, 0.2) is 5.69 Å². The number of anilines is 2. The number of amides is 1. The number of nitrogens with zero attached hydrogens (tertiary/aromatic N) is 2. The summed E-state index contributed by atoms with van der Waals surface area (Å²) in [6.07, 6.45) is 0. The van der Waals surface area contributed by atoms with E-state index in [2.05, 4.69) is 41.6 Å². The molecule has 1 amide bonds.